The summed E-state index contributed by atoms with van der Waals surface area (Å²) in [6.45, 7) is 3.09. The quantitative estimate of drug-likeness (QED) is 0.294. The number of piperidine rings is 1. The molecule has 1 fully saturated rings. The van der Waals surface area contributed by atoms with Gasteiger partial charge in [0.15, 0.2) is 5.65 Å². The number of anilines is 1. The third-order valence-corrected chi connectivity index (χ3v) is 7.03. The Labute approximate surface area is 214 Å². The number of hydrogen-bond donors (Lipinski definition) is 2. The second kappa shape index (κ2) is 10.1. The normalized spacial score (nSPS) is 16.9. The van der Waals surface area contributed by atoms with E-state index in [4.69, 9.17) is 0 Å². The van der Waals surface area contributed by atoms with Crippen molar-refractivity contribution in [2.45, 2.75) is 25.6 Å². The number of phenols is 1. The van der Waals surface area contributed by atoms with Gasteiger partial charge in [-0.1, -0.05) is 24.3 Å². The molecular formula is C26H25BrF3N5O. The molecule has 2 aromatic heterocycles. The average Bonchev–Trinajstić information content (AvgIpc) is 3.23. The molecule has 1 aliphatic heterocycles. The van der Waals surface area contributed by atoms with Crippen molar-refractivity contribution in [1.29, 1.82) is 0 Å². The molecule has 1 atom stereocenters. The van der Waals surface area contributed by atoms with Crippen LogP contribution < -0.4 is 5.32 Å². The highest BCUT2D eigenvalue weighted by molar-refractivity contribution is 9.10. The van der Waals surface area contributed by atoms with Crippen LogP contribution in [-0.4, -0.2) is 44.2 Å². The van der Waals surface area contributed by atoms with Gasteiger partial charge in [-0.05, 0) is 71.1 Å². The van der Waals surface area contributed by atoms with E-state index >= 15 is 0 Å². The van der Waals surface area contributed by atoms with Crippen molar-refractivity contribution < 1.29 is 18.3 Å². The van der Waals surface area contributed by atoms with E-state index in [2.05, 4.69) is 36.2 Å². The number of nitrogens with zero attached hydrogens (tertiary/aromatic N) is 4. The third-order valence-electron chi connectivity index (χ3n) is 6.47. The van der Waals surface area contributed by atoms with Crippen LogP contribution in [0.4, 0.5) is 19.0 Å². The summed E-state index contributed by atoms with van der Waals surface area (Å²) in [6, 6.07) is 14.4. The summed E-state index contributed by atoms with van der Waals surface area (Å²) in [5, 5.41) is 18.3. The second-order valence-corrected chi connectivity index (χ2v) is 9.94. The van der Waals surface area contributed by atoms with Crippen molar-refractivity contribution >= 4 is 27.4 Å². The molecule has 1 aliphatic rings. The smallest absolute Gasteiger partial charge is 0.416 e. The van der Waals surface area contributed by atoms with E-state index in [-0.39, 0.29) is 5.75 Å². The number of hydrogen-bond acceptors (Lipinski definition) is 5. The summed E-state index contributed by atoms with van der Waals surface area (Å²) in [7, 11) is 0. The molecule has 5 rings (SSSR count). The van der Waals surface area contributed by atoms with E-state index in [0.29, 0.717) is 35.9 Å². The van der Waals surface area contributed by atoms with Gasteiger partial charge in [0.25, 0.3) is 0 Å². The predicted molar refractivity (Wildman–Crippen MR) is 136 cm³/mol. The van der Waals surface area contributed by atoms with Crippen LogP contribution in [0.1, 0.15) is 24.0 Å². The zero-order chi connectivity index (χ0) is 25.3. The van der Waals surface area contributed by atoms with Crippen LogP contribution >= 0.6 is 15.9 Å². The predicted octanol–water partition coefficient (Wildman–Crippen LogP) is 6.21. The third kappa shape index (κ3) is 5.34. The minimum atomic E-state index is -4.32. The largest absolute Gasteiger partial charge is 0.507 e. The van der Waals surface area contributed by atoms with Crippen molar-refractivity contribution in [1.82, 2.24) is 19.5 Å². The summed E-state index contributed by atoms with van der Waals surface area (Å²) in [6.07, 6.45) is -0.550. The van der Waals surface area contributed by atoms with Gasteiger partial charge in [-0.25, -0.2) is 4.98 Å². The minimum absolute atomic E-state index is 0.155. The first kappa shape index (κ1) is 24.6. The number of aromatic hydroxyl groups is 1. The van der Waals surface area contributed by atoms with Crippen LogP contribution in [0, 0.1) is 5.92 Å². The highest BCUT2D eigenvalue weighted by Gasteiger charge is 2.30. The maximum absolute atomic E-state index is 12.9. The minimum Gasteiger partial charge on any atom is -0.507 e. The van der Waals surface area contributed by atoms with Gasteiger partial charge < -0.3 is 10.4 Å². The Hall–Kier alpha value is -3.11. The van der Waals surface area contributed by atoms with Crippen molar-refractivity contribution in [3.8, 4) is 17.0 Å². The lowest BCUT2D eigenvalue weighted by Gasteiger charge is -2.33. The number of benzene rings is 2. The number of alkyl halides is 3. The monoisotopic (exact) mass is 559 g/mol. The molecule has 0 aliphatic carbocycles. The number of phenolic OH excluding ortho intramolecular Hbond substituents is 1. The fourth-order valence-corrected chi connectivity index (χ4v) is 5.01. The maximum Gasteiger partial charge on any atom is 0.416 e. The maximum atomic E-state index is 12.9. The summed E-state index contributed by atoms with van der Waals surface area (Å²) in [5.74, 6) is 1.29. The number of aromatic nitrogens is 3. The molecule has 0 radical (unpaired) electrons. The molecule has 6 nitrogen and oxygen atoms in total. The fourth-order valence-electron chi connectivity index (χ4n) is 4.66. The molecule has 188 valence electrons. The highest BCUT2D eigenvalue weighted by Crippen LogP contribution is 2.32. The van der Waals surface area contributed by atoms with Gasteiger partial charge >= 0.3 is 6.18 Å². The van der Waals surface area contributed by atoms with Gasteiger partial charge in [0.2, 0.25) is 0 Å². The van der Waals surface area contributed by atoms with E-state index < -0.39 is 11.7 Å². The molecule has 36 heavy (non-hydrogen) atoms. The molecule has 1 saturated heterocycles. The van der Waals surface area contributed by atoms with E-state index in [9.17, 15) is 18.3 Å². The number of fused-ring (bicyclic) bond motifs is 1. The number of halogens is 4. The topological polar surface area (TPSA) is 65.7 Å². The lowest BCUT2D eigenvalue weighted by atomic mass is 9.97. The number of rotatable bonds is 6. The molecular weight excluding hydrogens is 535 g/mol. The van der Waals surface area contributed by atoms with Crippen LogP contribution in [0.5, 0.6) is 5.75 Å². The Bertz CT molecular complexity index is 1360. The van der Waals surface area contributed by atoms with Crippen molar-refractivity contribution in [3.63, 3.8) is 0 Å². The molecule has 2 N–H and O–H groups in total. The summed E-state index contributed by atoms with van der Waals surface area (Å²) in [4.78, 5) is 6.97. The van der Waals surface area contributed by atoms with Gasteiger partial charge in [-0.2, -0.15) is 22.8 Å². The Morgan fingerprint density at radius 2 is 1.89 bits per heavy atom. The molecule has 0 saturated carbocycles. The van der Waals surface area contributed by atoms with Crippen LogP contribution in [0.3, 0.4) is 0 Å². The van der Waals surface area contributed by atoms with E-state index in [1.165, 1.54) is 0 Å². The molecule has 2 aromatic carbocycles. The summed E-state index contributed by atoms with van der Waals surface area (Å²) >= 11 is 3.50. The van der Waals surface area contributed by atoms with Gasteiger partial charge in [-0.15, -0.1) is 0 Å². The molecule has 4 aromatic rings. The molecule has 0 amide bonds. The number of para-hydroxylation sites is 1. The lowest BCUT2D eigenvalue weighted by molar-refractivity contribution is -0.137. The Kier molecular flexibility index (Phi) is 6.90. The SMILES string of the molecule is Oc1ccccc1-c1cc(NCC2CCCN(Cc3ccc(C(F)(F)F)cc3)C2)n2ncc(Br)c2n1. The van der Waals surface area contributed by atoms with Gasteiger partial charge in [0.1, 0.15) is 11.6 Å². The zero-order valence-corrected chi connectivity index (χ0v) is 20.9. The first-order valence-electron chi connectivity index (χ1n) is 11.7. The van der Waals surface area contributed by atoms with Crippen LogP contribution in [0.25, 0.3) is 16.9 Å². The average molecular weight is 560 g/mol. The molecule has 0 spiro atoms. The second-order valence-electron chi connectivity index (χ2n) is 9.09. The lowest BCUT2D eigenvalue weighted by Crippen LogP contribution is -2.37. The van der Waals surface area contributed by atoms with Crippen LogP contribution in [0.15, 0.2) is 65.3 Å². The molecule has 3 heterocycles. The van der Waals surface area contributed by atoms with Crippen molar-refractivity contribution in [3.05, 3.63) is 76.4 Å². The number of likely N-dealkylation sites (tertiary alicyclic amines) is 1. The Balaban J connectivity index is 1.28. The summed E-state index contributed by atoms with van der Waals surface area (Å²) < 4.78 is 41.0. The van der Waals surface area contributed by atoms with Gasteiger partial charge in [-0.3, -0.25) is 4.90 Å². The van der Waals surface area contributed by atoms with Crippen LogP contribution in [-0.2, 0) is 12.7 Å². The number of nitrogens with one attached hydrogen (secondary N) is 1. The van der Waals surface area contributed by atoms with E-state index in [1.807, 2.05) is 18.2 Å². The van der Waals surface area contributed by atoms with Crippen molar-refractivity contribution in [2.75, 3.05) is 25.0 Å². The fraction of sp³-hybridized carbons (Fsp3) is 0.308. The Morgan fingerprint density at radius 3 is 2.64 bits per heavy atom. The van der Waals surface area contributed by atoms with Crippen LogP contribution in [0.2, 0.25) is 0 Å². The van der Waals surface area contributed by atoms with Gasteiger partial charge in [0.05, 0.1) is 21.9 Å². The first-order chi connectivity index (χ1) is 17.3. The van der Waals surface area contributed by atoms with Gasteiger partial charge in [0, 0.05) is 31.3 Å². The Morgan fingerprint density at radius 1 is 1.11 bits per heavy atom. The molecule has 0 bridgehead atoms. The molecule has 10 heteroatoms. The zero-order valence-electron chi connectivity index (χ0n) is 19.3. The highest BCUT2D eigenvalue weighted by atomic mass is 79.9. The van der Waals surface area contributed by atoms with E-state index in [1.54, 1.807) is 35.0 Å². The van der Waals surface area contributed by atoms with E-state index in [0.717, 1.165) is 53.9 Å². The first-order valence-corrected chi connectivity index (χ1v) is 12.5. The van der Waals surface area contributed by atoms with Crippen molar-refractivity contribution in [2.24, 2.45) is 5.92 Å². The summed E-state index contributed by atoms with van der Waals surface area (Å²) in [5.41, 5.74) is 2.17. The standard InChI is InChI=1S/C26H25BrF3N5O/c27-21-14-32-35-24(12-22(33-25(21)35)20-5-1-2-6-23(20)36)31-13-18-4-3-11-34(16-18)15-17-7-9-19(10-8-17)26(28,29)30/h1-2,5-10,12,14,18,31,36H,3-4,11,13,15-16H2. The molecule has 1 unspecified atom stereocenters.